The van der Waals surface area contributed by atoms with Crippen LogP contribution in [0.2, 0.25) is 0 Å². The summed E-state index contributed by atoms with van der Waals surface area (Å²) in [6, 6.07) is 7.67. The van der Waals surface area contributed by atoms with Crippen molar-refractivity contribution < 1.29 is 4.74 Å². The molecular weight excluding hydrogens is 320 g/mol. The number of rotatable bonds is 7. The molecule has 0 radical (unpaired) electrons. The van der Waals surface area contributed by atoms with Gasteiger partial charge in [-0.05, 0) is 102 Å². The van der Waals surface area contributed by atoms with E-state index in [-0.39, 0.29) is 0 Å². The van der Waals surface area contributed by atoms with E-state index < -0.39 is 0 Å². The lowest BCUT2D eigenvalue weighted by Gasteiger charge is -2.33. The number of aryl methyl sites for hydroxylation is 1. The van der Waals surface area contributed by atoms with Crippen molar-refractivity contribution in [3.63, 3.8) is 0 Å². The SMILES string of the molecule is Cc1cc(C2CCC(N(C)C)CC2)ccc1OCCCN1CCCCC1. The van der Waals surface area contributed by atoms with Gasteiger partial charge in [0.2, 0.25) is 0 Å². The van der Waals surface area contributed by atoms with Gasteiger partial charge in [0.1, 0.15) is 5.75 Å². The molecule has 0 unspecified atom stereocenters. The molecule has 1 saturated heterocycles. The first-order valence-corrected chi connectivity index (χ1v) is 10.8. The Morgan fingerprint density at radius 3 is 2.42 bits per heavy atom. The van der Waals surface area contributed by atoms with Gasteiger partial charge in [-0.15, -0.1) is 0 Å². The molecule has 0 N–H and O–H groups in total. The van der Waals surface area contributed by atoms with Crippen LogP contribution in [0.5, 0.6) is 5.75 Å². The highest BCUT2D eigenvalue weighted by Gasteiger charge is 2.23. The quantitative estimate of drug-likeness (QED) is 0.649. The fourth-order valence-electron chi connectivity index (χ4n) is 4.67. The van der Waals surface area contributed by atoms with Gasteiger partial charge in [-0.1, -0.05) is 18.6 Å². The van der Waals surface area contributed by atoms with E-state index in [0.29, 0.717) is 0 Å². The molecular formula is C23H38N2O. The minimum absolute atomic E-state index is 0.734. The van der Waals surface area contributed by atoms with Gasteiger partial charge in [-0.3, -0.25) is 0 Å². The summed E-state index contributed by atoms with van der Waals surface area (Å²) >= 11 is 0. The largest absolute Gasteiger partial charge is 0.493 e. The Morgan fingerprint density at radius 1 is 1.04 bits per heavy atom. The Bertz CT molecular complexity index is 543. The third kappa shape index (κ3) is 5.47. The number of likely N-dealkylation sites (tertiary alicyclic amines) is 1. The van der Waals surface area contributed by atoms with Gasteiger partial charge in [0.25, 0.3) is 0 Å². The Kier molecular flexibility index (Phi) is 7.39. The van der Waals surface area contributed by atoms with E-state index in [1.165, 1.54) is 75.7 Å². The van der Waals surface area contributed by atoms with E-state index in [0.717, 1.165) is 30.7 Å². The lowest BCUT2D eigenvalue weighted by Crippen LogP contribution is -2.31. The van der Waals surface area contributed by atoms with E-state index in [9.17, 15) is 0 Å². The summed E-state index contributed by atoms with van der Waals surface area (Å²) < 4.78 is 6.09. The van der Waals surface area contributed by atoms with Crippen LogP contribution in [0, 0.1) is 6.92 Å². The topological polar surface area (TPSA) is 15.7 Å². The van der Waals surface area contributed by atoms with Gasteiger partial charge in [-0.25, -0.2) is 0 Å². The molecule has 1 saturated carbocycles. The van der Waals surface area contributed by atoms with Crippen LogP contribution in [-0.4, -0.2) is 56.2 Å². The van der Waals surface area contributed by atoms with E-state index in [1.807, 2.05) is 0 Å². The number of ether oxygens (including phenoxy) is 1. The fraction of sp³-hybridized carbons (Fsp3) is 0.739. The first-order valence-electron chi connectivity index (χ1n) is 10.8. The van der Waals surface area contributed by atoms with Gasteiger partial charge in [0.05, 0.1) is 6.61 Å². The molecule has 1 aromatic rings. The van der Waals surface area contributed by atoms with Crippen LogP contribution in [0.25, 0.3) is 0 Å². The first kappa shape index (κ1) is 19.7. The molecule has 0 bridgehead atoms. The molecule has 0 spiro atoms. The zero-order valence-electron chi connectivity index (χ0n) is 17.2. The molecule has 1 aliphatic heterocycles. The molecule has 2 aliphatic rings. The summed E-state index contributed by atoms with van der Waals surface area (Å²) in [5, 5.41) is 0. The number of benzene rings is 1. The lowest BCUT2D eigenvalue weighted by molar-refractivity contribution is 0.204. The number of nitrogens with zero attached hydrogens (tertiary/aromatic N) is 2. The molecule has 3 nitrogen and oxygen atoms in total. The van der Waals surface area contributed by atoms with Crippen LogP contribution in [0.1, 0.15) is 68.4 Å². The van der Waals surface area contributed by atoms with Crippen LogP contribution in [0.15, 0.2) is 18.2 Å². The Hall–Kier alpha value is -1.06. The van der Waals surface area contributed by atoms with Crippen molar-refractivity contribution in [3.05, 3.63) is 29.3 Å². The average molecular weight is 359 g/mol. The van der Waals surface area contributed by atoms with Crippen molar-refractivity contribution in [1.82, 2.24) is 9.80 Å². The number of piperidine rings is 1. The van der Waals surface area contributed by atoms with E-state index >= 15 is 0 Å². The van der Waals surface area contributed by atoms with Crippen LogP contribution in [0.3, 0.4) is 0 Å². The lowest BCUT2D eigenvalue weighted by atomic mass is 9.81. The first-order chi connectivity index (χ1) is 12.6. The van der Waals surface area contributed by atoms with Crippen LogP contribution < -0.4 is 4.74 Å². The molecule has 1 heterocycles. The molecule has 146 valence electrons. The maximum Gasteiger partial charge on any atom is 0.122 e. The molecule has 26 heavy (non-hydrogen) atoms. The Morgan fingerprint density at radius 2 is 1.77 bits per heavy atom. The van der Waals surface area contributed by atoms with E-state index in [1.54, 1.807) is 0 Å². The molecule has 0 amide bonds. The van der Waals surface area contributed by atoms with Gasteiger partial charge in [-0.2, -0.15) is 0 Å². The number of hydrogen-bond donors (Lipinski definition) is 0. The van der Waals surface area contributed by atoms with Crippen molar-refractivity contribution in [2.24, 2.45) is 0 Å². The minimum Gasteiger partial charge on any atom is -0.493 e. The molecule has 0 aromatic heterocycles. The predicted molar refractivity (Wildman–Crippen MR) is 110 cm³/mol. The maximum absolute atomic E-state index is 6.09. The van der Waals surface area contributed by atoms with Crippen LogP contribution in [-0.2, 0) is 0 Å². The van der Waals surface area contributed by atoms with Gasteiger partial charge < -0.3 is 14.5 Å². The van der Waals surface area contributed by atoms with Gasteiger partial charge in [0.15, 0.2) is 0 Å². The van der Waals surface area contributed by atoms with Crippen molar-refractivity contribution in [2.45, 2.75) is 70.3 Å². The maximum atomic E-state index is 6.09. The molecule has 3 rings (SSSR count). The fourth-order valence-corrected chi connectivity index (χ4v) is 4.67. The highest BCUT2D eigenvalue weighted by molar-refractivity contribution is 5.37. The molecule has 2 fully saturated rings. The van der Waals surface area contributed by atoms with Crippen molar-refractivity contribution in [1.29, 1.82) is 0 Å². The second-order valence-electron chi connectivity index (χ2n) is 8.60. The highest BCUT2D eigenvalue weighted by atomic mass is 16.5. The summed E-state index contributed by atoms with van der Waals surface area (Å²) in [7, 11) is 4.43. The Labute approximate surface area is 160 Å². The minimum atomic E-state index is 0.734. The standard InChI is InChI=1S/C23H38N2O/c1-19-18-21(20-8-11-22(12-9-20)24(2)3)10-13-23(19)26-17-7-16-25-14-5-4-6-15-25/h10,13,18,20,22H,4-9,11-12,14-17H2,1-3H3. The highest BCUT2D eigenvalue weighted by Crippen LogP contribution is 2.35. The monoisotopic (exact) mass is 358 g/mol. The van der Waals surface area contributed by atoms with Crippen LogP contribution >= 0.6 is 0 Å². The van der Waals surface area contributed by atoms with Crippen molar-refractivity contribution in [3.8, 4) is 5.75 Å². The second kappa shape index (κ2) is 9.75. The third-order valence-corrected chi connectivity index (χ3v) is 6.42. The summed E-state index contributed by atoms with van der Waals surface area (Å²) in [5.41, 5.74) is 2.82. The van der Waals surface area contributed by atoms with Crippen molar-refractivity contribution in [2.75, 3.05) is 40.3 Å². The predicted octanol–water partition coefficient (Wildman–Crippen LogP) is 4.84. The Balaban J connectivity index is 1.44. The molecule has 1 aliphatic carbocycles. The normalized spacial score (nSPS) is 24.8. The average Bonchev–Trinajstić information content (AvgIpc) is 2.67. The molecule has 3 heteroatoms. The van der Waals surface area contributed by atoms with Gasteiger partial charge >= 0.3 is 0 Å². The van der Waals surface area contributed by atoms with Crippen LogP contribution in [0.4, 0.5) is 0 Å². The zero-order chi connectivity index (χ0) is 18.4. The summed E-state index contributed by atoms with van der Waals surface area (Å²) in [6.45, 7) is 6.79. The van der Waals surface area contributed by atoms with E-state index in [4.69, 9.17) is 4.74 Å². The smallest absolute Gasteiger partial charge is 0.122 e. The number of hydrogen-bond acceptors (Lipinski definition) is 3. The third-order valence-electron chi connectivity index (χ3n) is 6.42. The summed E-state index contributed by atoms with van der Waals surface area (Å²) in [5.74, 6) is 1.81. The van der Waals surface area contributed by atoms with Gasteiger partial charge in [0, 0.05) is 12.6 Å². The second-order valence-corrected chi connectivity index (χ2v) is 8.60. The molecule has 0 atom stereocenters. The van der Waals surface area contributed by atoms with Crippen molar-refractivity contribution >= 4 is 0 Å². The zero-order valence-corrected chi connectivity index (χ0v) is 17.2. The summed E-state index contributed by atoms with van der Waals surface area (Å²) in [4.78, 5) is 4.98. The summed E-state index contributed by atoms with van der Waals surface area (Å²) in [6.07, 6.45) is 10.6. The van der Waals surface area contributed by atoms with E-state index in [2.05, 4.69) is 49.0 Å². The molecule has 1 aromatic carbocycles.